The fourth-order valence-corrected chi connectivity index (χ4v) is 4.20. The van der Waals surface area contributed by atoms with Crippen LogP contribution in [0.25, 0.3) is 0 Å². The molecule has 0 aliphatic heterocycles. The minimum absolute atomic E-state index is 0.0959. The van der Waals surface area contributed by atoms with Gasteiger partial charge in [0, 0.05) is 9.57 Å². The summed E-state index contributed by atoms with van der Waals surface area (Å²) in [6.07, 6.45) is 4.32. The highest BCUT2D eigenvalue weighted by atomic mass is 79.9. The van der Waals surface area contributed by atoms with Gasteiger partial charge in [0.05, 0.1) is 12.5 Å². The molecule has 1 aromatic carbocycles. The van der Waals surface area contributed by atoms with Crippen LogP contribution in [0.4, 0.5) is 0 Å². The molecule has 2 aromatic rings. The third kappa shape index (κ3) is 2.33. The molecule has 0 unspecified atom stereocenters. The fourth-order valence-electron chi connectivity index (χ4n) is 3.80. The molecular formula is C17H23BrN3+. The smallest absolute Gasteiger partial charge is 0.237 e. The highest BCUT2D eigenvalue weighted by molar-refractivity contribution is 9.10. The van der Waals surface area contributed by atoms with Gasteiger partial charge < -0.3 is 0 Å². The Bertz CT molecular complexity index is 654. The Morgan fingerprint density at radius 2 is 2.10 bits per heavy atom. The van der Waals surface area contributed by atoms with Crippen molar-refractivity contribution in [2.45, 2.75) is 45.1 Å². The van der Waals surface area contributed by atoms with Crippen molar-refractivity contribution >= 4 is 15.9 Å². The van der Waals surface area contributed by atoms with Crippen LogP contribution in [0.3, 0.4) is 0 Å². The molecule has 0 atom stereocenters. The molecular weight excluding hydrogens is 326 g/mol. The van der Waals surface area contributed by atoms with Gasteiger partial charge in [0.15, 0.2) is 0 Å². The zero-order chi connectivity index (χ0) is 15.2. The number of hydrogen-bond acceptors (Lipinski definition) is 1. The van der Waals surface area contributed by atoms with Gasteiger partial charge in [-0.3, -0.25) is 0 Å². The molecule has 0 bridgehead atoms. The zero-order valence-corrected chi connectivity index (χ0v) is 14.8. The third-order valence-corrected chi connectivity index (χ3v) is 5.08. The van der Waals surface area contributed by atoms with E-state index in [2.05, 4.69) is 82.4 Å². The minimum Gasteiger partial charge on any atom is -0.237 e. The monoisotopic (exact) mass is 348 g/mol. The van der Waals surface area contributed by atoms with E-state index >= 15 is 0 Å². The molecule has 1 aliphatic carbocycles. The van der Waals surface area contributed by atoms with Crippen LogP contribution < -0.4 is 4.57 Å². The van der Waals surface area contributed by atoms with Crippen molar-refractivity contribution in [3.8, 4) is 0 Å². The highest BCUT2D eigenvalue weighted by Crippen LogP contribution is 2.51. The maximum atomic E-state index is 4.60. The lowest BCUT2D eigenvalue weighted by Gasteiger charge is -2.45. The number of rotatable bonds is 3. The van der Waals surface area contributed by atoms with Gasteiger partial charge in [-0.05, 0) is 50.3 Å². The molecule has 3 nitrogen and oxygen atoms in total. The minimum atomic E-state index is 0.0959. The van der Waals surface area contributed by atoms with Crippen molar-refractivity contribution in [1.29, 1.82) is 0 Å². The zero-order valence-electron chi connectivity index (χ0n) is 13.2. The molecule has 3 rings (SSSR count). The van der Waals surface area contributed by atoms with Gasteiger partial charge in [-0.25, -0.2) is 4.57 Å². The first-order valence-corrected chi connectivity index (χ1v) is 8.43. The first kappa shape index (κ1) is 14.8. The number of benzene rings is 1. The van der Waals surface area contributed by atoms with E-state index in [4.69, 9.17) is 0 Å². The summed E-state index contributed by atoms with van der Waals surface area (Å²) in [5.41, 5.74) is 1.49. The van der Waals surface area contributed by atoms with E-state index in [1.165, 1.54) is 24.2 Å². The lowest BCUT2D eigenvalue weighted by Crippen LogP contribution is -2.51. The molecule has 0 amide bonds. The van der Waals surface area contributed by atoms with Gasteiger partial charge in [0.25, 0.3) is 6.33 Å². The average Bonchev–Trinajstić information content (AvgIpc) is 2.77. The largest absolute Gasteiger partial charge is 0.265 e. The number of hydrogen-bond donors (Lipinski definition) is 0. The van der Waals surface area contributed by atoms with Crippen LogP contribution in [0.2, 0.25) is 0 Å². The number of aromatic nitrogens is 3. The summed E-state index contributed by atoms with van der Waals surface area (Å²) in [6, 6.07) is 9.14. The maximum absolute atomic E-state index is 4.60. The van der Waals surface area contributed by atoms with Gasteiger partial charge in [-0.2, -0.15) is 0 Å². The van der Waals surface area contributed by atoms with Crippen molar-refractivity contribution in [2.75, 3.05) is 0 Å². The Labute approximate surface area is 135 Å². The average molecular weight is 349 g/mol. The first-order valence-electron chi connectivity index (χ1n) is 7.64. The quantitative estimate of drug-likeness (QED) is 0.773. The molecule has 21 heavy (non-hydrogen) atoms. The number of halogens is 1. The van der Waals surface area contributed by atoms with Crippen molar-refractivity contribution < 1.29 is 4.57 Å². The van der Waals surface area contributed by atoms with Crippen molar-refractivity contribution in [3.05, 3.63) is 46.5 Å². The van der Waals surface area contributed by atoms with E-state index in [1.54, 1.807) is 0 Å². The van der Waals surface area contributed by atoms with Gasteiger partial charge in [-0.15, -0.1) is 4.68 Å². The van der Waals surface area contributed by atoms with Gasteiger partial charge in [-0.1, -0.05) is 35.0 Å². The maximum Gasteiger partial charge on any atom is 0.265 e. The predicted octanol–water partition coefficient (Wildman–Crippen LogP) is 3.77. The highest BCUT2D eigenvalue weighted by Gasteiger charge is 2.52. The topological polar surface area (TPSA) is 21.7 Å². The van der Waals surface area contributed by atoms with E-state index in [0.717, 1.165) is 10.4 Å². The summed E-state index contributed by atoms with van der Waals surface area (Å²) < 4.78 is 5.54. The van der Waals surface area contributed by atoms with E-state index in [-0.39, 0.29) is 5.41 Å². The Balaban J connectivity index is 2.17. The summed E-state index contributed by atoms with van der Waals surface area (Å²) in [4.78, 5) is 0. The van der Waals surface area contributed by atoms with Gasteiger partial charge >= 0.3 is 0 Å². The van der Waals surface area contributed by atoms with Crippen LogP contribution in [-0.2, 0) is 12.5 Å². The number of nitrogens with zero attached hydrogens (tertiary/aromatic N) is 3. The van der Waals surface area contributed by atoms with E-state index in [0.29, 0.717) is 6.04 Å². The Morgan fingerprint density at radius 1 is 1.38 bits per heavy atom. The Morgan fingerprint density at radius 3 is 2.67 bits per heavy atom. The molecule has 0 N–H and O–H groups in total. The fraction of sp³-hybridized carbons (Fsp3) is 0.529. The number of aryl methyl sites for hydroxylation is 1. The van der Waals surface area contributed by atoms with Crippen molar-refractivity contribution in [1.82, 2.24) is 9.78 Å². The summed E-state index contributed by atoms with van der Waals surface area (Å²) >= 11 is 3.62. The summed E-state index contributed by atoms with van der Waals surface area (Å²) in [5, 5.41) is 4.60. The van der Waals surface area contributed by atoms with E-state index in [1.807, 2.05) is 6.33 Å². The summed E-state index contributed by atoms with van der Waals surface area (Å²) in [7, 11) is 2.12. The van der Waals surface area contributed by atoms with E-state index < -0.39 is 0 Å². The van der Waals surface area contributed by atoms with Crippen LogP contribution in [0, 0.1) is 5.92 Å². The van der Waals surface area contributed by atoms with Crippen LogP contribution in [0.1, 0.15) is 51.0 Å². The van der Waals surface area contributed by atoms with Crippen LogP contribution >= 0.6 is 15.9 Å². The molecule has 0 spiro atoms. The second-order valence-corrected chi connectivity index (χ2v) is 7.63. The molecule has 0 saturated heterocycles. The Kier molecular flexibility index (Phi) is 3.68. The Hall–Kier alpha value is -1.16. The molecule has 1 aromatic heterocycles. The summed E-state index contributed by atoms with van der Waals surface area (Å²) in [6.45, 7) is 6.74. The lowest BCUT2D eigenvalue weighted by atomic mass is 9.58. The standard InChI is InChI=1S/C17H23BrN3/c1-12(2)21-16(20(4)11-19-21)17(9-13(3)10-17)14-6-5-7-15(18)8-14/h5-8,11-13H,9-10H2,1-4H3/q+1. The molecule has 1 aliphatic rings. The molecule has 112 valence electrons. The third-order valence-electron chi connectivity index (χ3n) is 4.59. The molecule has 4 heteroatoms. The van der Waals surface area contributed by atoms with Crippen LogP contribution in [0.15, 0.2) is 35.1 Å². The second kappa shape index (κ2) is 5.24. The first-order chi connectivity index (χ1) is 9.94. The summed E-state index contributed by atoms with van der Waals surface area (Å²) in [5.74, 6) is 2.09. The molecule has 1 heterocycles. The second-order valence-electron chi connectivity index (χ2n) is 6.71. The van der Waals surface area contributed by atoms with E-state index in [9.17, 15) is 0 Å². The molecule has 1 fully saturated rings. The lowest BCUT2D eigenvalue weighted by molar-refractivity contribution is -0.684. The van der Waals surface area contributed by atoms with Crippen molar-refractivity contribution in [3.63, 3.8) is 0 Å². The van der Waals surface area contributed by atoms with Gasteiger partial charge in [0.1, 0.15) is 6.04 Å². The van der Waals surface area contributed by atoms with Crippen LogP contribution in [0.5, 0.6) is 0 Å². The van der Waals surface area contributed by atoms with Gasteiger partial charge in [0.2, 0.25) is 5.82 Å². The molecule has 0 radical (unpaired) electrons. The predicted molar refractivity (Wildman–Crippen MR) is 87.1 cm³/mol. The molecule has 1 saturated carbocycles. The SMILES string of the molecule is CC1CC(c2cccc(Br)c2)(c2n(C(C)C)nc[n+]2C)C1. The normalized spacial score (nSPS) is 25.1. The van der Waals surface area contributed by atoms with Crippen LogP contribution in [-0.4, -0.2) is 9.78 Å². The van der Waals surface area contributed by atoms with Crippen molar-refractivity contribution in [2.24, 2.45) is 13.0 Å².